The molecule has 1 heterocycles. The molecule has 0 aromatic heterocycles. The van der Waals surface area contributed by atoms with E-state index in [0.29, 0.717) is 13.2 Å². The van der Waals surface area contributed by atoms with E-state index in [1.54, 1.807) is 0 Å². The highest BCUT2D eigenvalue weighted by atomic mass is 35.5. The molecule has 0 bridgehead atoms. The second kappa shape index (κ2) is 8.68. The van der Waals surface area contributed by atoms with E-state index in [9.17, 15) is 4.79 Å². The third kappa shape index (κ3) is 4.71. The van der Waals surface area contributed by atoms with Crippen LogP contribution in [0.3, 0.4) is 0 Å². The number of amides is 1. The van der Waals surface area contributed by atoms with Gasteiger partial charge in [0.1, 0.15) is 6.04 Å². The molecule has 2 aromatic rings. The van der Waals surface area contributed by atoms with Crippen LogP contribution in [0.4, 0.5) is 17.1 Å². The molecular formula is C18H22ClN3O2. The van der Waals surface area contributed by atoms with Gasteiger partial charge in [-0.3, -0.25) is 4.79 Å². The van der Waals surface area contributed by atoms with Crippen LogP contribution in [0.2, 0.25) is 0 Å². The van der Waals surface area contributed by atoms with Crippen LogP contribution >= 0.6 is 12.4 Å². The monoisotopic (exact) mass is 347 g/mol. The van der Waals surface area contributed by atoms with E-state index >= 15 is 0 Å². The first-order valence-corrected chi connectivity index (χ1v) is 7.80. The molecule has 0 unspecified atom stereocenters. The molecule has 1 aliphatic rings. The van der Waals surface area contributed by atoms with Gasteiger partial charge in [-0.15, -0.1) is 12.4 Å². The summed E-state index contributed by atoms with van der Waals surface area (Å²) in [6, 6.07) is 17.3. The zero-order valence-electron chi connectivity index (χ0n) is 13.5. The maximum Gasteiger partial charge on any atom is 0.244 e. The quantitative estimate of drug-likeness (QED) is 0.795. The van der Waals surface area contributed by atoms with Crippen LogP contribution in [0.5, 0.6) is 0 Å². The number of hydrogen-bond acceptors (Lipinski definition) is 4. The minimum atomic E-state index is -0.314. The van der Waals surface area contributed by atoms with Gasteiger partial charge in [-0.25, -0.2) is 0 Å². The summed E-state index contributed by atoms with van der Waals surface area (Å²) >= 11 is 0. The number of anilines is 3. The molecule has 128 valence electrons. The number of carbonyl (C=O) groups excluding carboxylic acids is 1. The average Bonchev–Trinajstić information content (AvgIpc) is 2.58. The molecule has 0 spiro atoms. The number of nitrogens with one attached hydrogen (secondary N) is 3. The Kier molecular flexibility index (Phi) is 6.61. The summed E-state index contributed by atoms with van der Waals surface area (Å²) in [5, 5.41) is 9.42. The molecule has 24 heavy (non-hydrogen) atoms. The molecule has 0 aliphatic carbocycles. The van der Waals surface area contributed by atoms with Crippen LogP contribution in [0.15, 0.2) is 54.6 Å². The SMILES string of the molecule is C[C@H]1OCCN[C@@H]1C(=O)Nc1ccc(Nc2ccccc2)cc1.Cl. The fraction of sp³-hybridized carbons (Fsp3) is 0.278. The maximum atomic E-state index is 12.3. The lowest BCUT2D eigenvalue weighted by Crippen LogP contribution is -2.53. The fourth-order valence-electron chi connectivity index (χ4n) is 2.57. The van der Waals surface area contributed by atoms with Gasteiger partial charge in [0.05, 0.1) is 12.7 Å². The molecule has 1 saturated heterocycles. The minimum absolute atomic E-state index is 0. The summed E-state index contributed by atoms with van der Waals surface area (Å²) in [5.74, 6) is -0.0685. The van der Waals surface area contributed by atoms with Crippen LogP contribution in [0, 0.1) is 0 Å². The van der Waals surface area contributed by atoms with Crippen molar-refractivity contribution in [2.24, 2.45) is 0 Å². The largest absolute Gasteiger partial charge is 0.375 e. The van der Waals surface area contributed by atoms with Gasteiger partial charge in [-0.2, -0.15) is 0 Å². The number of halogens is 1. The number of carbonyl (C=O) groups is 1. The number of rotatable bonds is 4. The van der Waals surface area contributed by atoms with Crippen molar-refractivity contribution in [1.82, 2.24) is 5.32 Å². The first-order valence-electron chi connectivity index (χ1n) is 7.80. The normalized spacial score (nSPS) is 19.9. The number of benzene rings is 2. The minimum Gasteiger partial charge on any atom is -0.375 e. The van der Waals surface area contributed by atoms with Crippen LogP contribution < -0.4 is 16.0 Å². The highest BCUT2D eigenvalue weighted by Crippen LogP contribution is 2.19. The van der Waals surface area contributed by atoms with Gasteiger partial charge in [0, 0.05) is 23.6 Å². The molecule has 0 saturated carbocycles. The summed E-state index contributed by atoms with van der Waals surface area (Å²) in [5.41, 5.74) is 2.77. The molecular weight excluding hydrogens is 326 g/mol. The highest BCUT2D eigenvalue weighted by molar-refractivity contribution is 5.95. The summed E-state index contributed by atoms with van der Waals surface area (Å²) in [6.45, 7) is 3.25. The second-order valence-corrected chi connectivity index (χ2v) is 5.57. The van der Waals surface area contributed by atoms with E-state index in [0.717, 1.165) is 17.1 Å². The van der Waals surface area contributed by atoms with Crippen LogP contribution in [-0.2, 0) is 9.53 Å². The van der Waals surface area contributed by atoms with Crippen molar-refractivity contribution < 1.29 is 9.53 Å². The van der Waals surface area contributed by atoms with Gasteiger partial charge in [0.25, 0.3) is 0 Å². The third-order valence-electron chi connectivity index (χ3n) is 3.81. The molecule has 0 radical (unpaired) electrons. The number of para-hydroxylation sites is 1. The number of ether oxygens (including phenoxy) is 1. The molecule has 3 N–H and O–H groups in total. The van der Waals surface area contributed by atoms with Gasteiger partial charge in [-0.05, 0) is 43.3 Å². The maximum absolute atomic E-state index is 12.3. The van der Waals surface area contributed by atoms with Crippen LogP contribution in [0.25, 0.3) is 0 Å². The van der Waals surface area contributed by atoms with Gasteiger partial charge in [0.15, 0.2) is 0 Å². The lowest BCUT2D eigenvalue weighted by molar-refractivity contribution is -0.123. The lowest BCUT2D eigenvalue weighted by Gasteiger charge is -2.29. The van der Waals surface area contributed by atoms with Gasteiger partial charge < -0.3 is 20.7 Å². The smallest absolute Gasteiger partial charge is 0.244 e. The zero-order valence-corrected chi connectivity index (χ0v) is 14.3. The summed E-state index contributed by atoms with van der Waals surface area (Å²) in [7, 11) is 0. The molecule has 2 atom stereocenters. The van der Waals surface area contributed by atoms with Crippen LogP contribution in [0.1, 0.15) is 6.92 Å². The molecule has 2 aromatic carbocycles. The topological polar surface area (TPSA) is 62.4 Å². The molecule has 3 rings (SSSR count). The summed E-state index contributed by atoms with van der Waals surface area (Å²) < 4.78 is 5.50. The number of hydrogen-bond donors (Lipinski definition) is 3. The van der Waals surface area contributed by atoms with Crippen molar-refractivity contribution >= 4 is 35.4 Å². The molecule has 1 amide bonds. The van der Waals surface area contributed by atoms with Crippen molar-refractivity contribution in [3.63, 3.8) is 0 Å². The number of morpholine rings is 1. The Hall–Kier alpha value is -2.08. The van der Waals surface area contributed by atoms with E-state index in [-0.39, 0.29) is 30.5 Å². The first kappa shape index (κ1) is 18.3. The summed E-state index contributed by atoms with van der Waals surface area (Å²) in [6.07, 6.45) is -0.122. The molecule has 6 heteroatoms. The standard InChI is InChI=1S/C18H21N3O2.ClH/c1-13-17(19-11-12-23-13)18(22)21-16-9-7-15(8-10-16)20-14-5-3-2-4-6-14;/h2-10,13,17,19-20H,11-12H2,1H3,(H,21,22);1H/t13-,17+;/m1./s1. The average molecular weight is 348 g/mol. The van der Waals surface area contributed by atoms with Crippen LogP contribution in [-0.4, -0.2) is 31.2 Å². The Morgan fingerprint density at radius 3 is 2.33 bits per heavy atom. The molecule has 1 aliphatic heterocycles. The summed E-state index contributed by atoms with van der Waals surface area (Å²) in [4.78, 5) is 12.3. The third-order valence-corrected chi connectivity index (χ3v) is 3.81. The van der Waals surface area contributed by atoms with Crippen molar-refractivity contribution in [2.75, 3.05) is 23.8 Å². The van der Waals surface area contributed by atoms with E-state index in [1.807, 2.05) is 61.5 Å². The van der Waals surface area contributed by atoms with Gasteiger partial charge in [-0.1, -0.05) is 18.2 Å². The van der Waals surface area contributed by atoms with Gasteiger partial charge >= 0.3 is 0 Å². The van der Waals surface area contributed by atoms with Crippen molar-refractivity contribution in [1.29, 1.82) is 0 Å². The first-order chi connectivity index (χ1) is 11.2. The van der Waals surface area contributed by atoms with Crippen molar-refractivity contribution in [3.05, 3.63) is 54.6 Å². The molecule has 5 nitrogen and oxygen atoms in total. The fourth-order valence-corrected chi connectivity index (χ4v) is 2.57. The van der Waals surface area contributed by atoms with E-state index in [1.165, 1.54) is 0 Å². The predicted molar refractivity (Wildman–Crippen MR) is 99.2 cm³/mol. The Labute approximate surface area is 148 Å². The molecule has 1 fully saturated rings. The Balaban J connectivity index is 0.00000208. The Bertz CT molecular complexity index is 649. The van der Waals surface area contributed by atoms with Crippen molar-refractivity contribution in [2.45, 2.75) is 19.1 Å². The van der Waals surface area contributed by atoms with E-state index in [2.05, 4.69) is 16.0 Å². The van der Waals surface area contributed by atoms with E-state index < -0.39 is 0 Å². The van der Waals surface area contributed by atoms with Crippen molar-refractivity contribution in [3.8, 4) is 0 Å². The highest BCUT2D eigenvalue weighted by Gasteiger charge is 2.28. The Morgan fingerprint density at radius 2 is 1.67 bits per heavy atom. The zero-order chi connectivity index (χ0) is 16.1. The predicted octanol–water partition coefficient (Wildman–Crippen LogP) is 3.17. The van der Waals surface area contributed by atoms with Gasteiger partial charge in [0.2, 0.25) is 5.91 Å². The van der Waals surface area contributed by atoms with E-state index in [4.69, 9.17) is 4.74 Å². The second-order valence-electron chi connectivity index (χ2n) is 5.57. The Morgan fingerprint density at radius 1 is 1.04 bits per heavy atom. The lowest BCUT2D eigenvalue weighted by atomic mass is 10.1.